The van der Waals surface area contributed by atoms with Gasteiger partial charge in [-0.15, -0.1) is 0 Å². The minimum Gasteiger partial charge on any atom is -0.467 e. The molecule has 0 saturated carbocycles. The van der Waals surface area contributed by atoms with E-state index in [4.69, 9.17) is 37.4 Å². The van der Waals surface area contributed by atoms with Crippen LogP contribution in [0.15, 0.2) is 30.3 Å². The van der Waals surface area contributed by atoms with Crippen LogP contribution in [0.1, 0.15) is 0 Å². The van der Waals surface area contributed by atoms with Crippen LogP contribution in [0, 0.1) is 0 Å². The van der Waals surface area contributed by atoms with Gasteiger partial charge in [0.1, 0.15) is 21.8 Å². The SMILES string of the molecule is COCOc1cccc(Oc2nc(Cl)cc(Cl)n2)c1. The van der Waals surface area contributed by atoms with Gasteiger partial charge in [-0.3, -0.25) is 0 Å². The molecule has 0 aliphatic rings. The van der Waals surface area contributed by atoms with Gasteiger partial charge in [-0.2, -0.15) is 9.97 Å². The second-order valence-electron chi connectivity index (χ2n) is 3.42. The molecule has 0 atom stereocenters. The van der Waals surface area contributed by atoms with Gasteiger partial charge in [0.2, 0.25) is 0 Å². The molecular formula is C12H10Cl2N2O3. The maximum absolute atomic E-state index is 5.76. The van der Waals surface area contributed by atoms with Crippen LogP contribution in [0.4, 0.5) is 0 Å². The summed E-state index contributed by atoms with van der Waals surface area (Å²) >= 11 is 11.5. The summed E-state index contributed by atoms with van der Waals surface area (Å²) in [6.45, 7) is 0.156. The minimum absolute atomic E-state index is 0.0707. The number of methoxy groups -OCH3 is 1. The predicted molar refractivity (Wildman–Crippen MR) is 71.1 cm³/mol. The predicted octanol–water partition coefficient (Wildman–Crippen LogP) is 3.56. The first-order chi connectivity index (χ1) is 9.17. The number of ether oxygens (including phenoxy) is 3. The topological polar surface area (TPSA) is 53.5 Å². The number of nitrogens with zero attached hydrogens (tertiary/aromatic N) is 2. The van der Waals surface area contributed by atoms with E-state index in [0.29, 0.717) is 11.5 Å². The molecule has 0 aliphatic carbocycles. The highest BCUT2D eigenvalue weighted by atomic mass is 35.5. The first-order valence-corrected chi connectivity index (χ1v) is 6.03. The summed E-state index contributed by atoms with van der Waals surface area (Å²) in [5.74, 6) is 1.11. The van der Waals surface area contributed by atoms with Gasteiger partial charge in [-0.05, 0) is 12.1 Å². The fourth-order valence-corrected chi connectivity index (χ4v) is 1.68. The van der Waals surface area contributed by atoms with E-state index >= 15 is 0 Å². The third kappa shape index (κ3) is 4.24. The molecule has 19 heavy (non-hydrogen) atoms. The van der Waals surface area contributed by atoms with Gasteiger partial charge in [-0.1, -0.05) is 29.3 Å². The zero-order valence-corrected chi connectivity index (χ0v) is 11.5. The molecule has 0 saturated heterocycles. The van der Waals surface area contributed by atoms with Gasteiger partial charge in [0.15, 0.2) is 6.79 Å². The third-order valence-electron chi connectivity index (χ3n) is 2.00. The molecule has 5 nitrogen and oxygen atoms in total. The summed E-state index contributed by atoms with van der Waals surface area (Å²) < 4.78 is 15.5. The zero-order valence-electron chi connectivity index (χ0n) is 9.97. The molecule has 100 valence electrons. The molecule has 0 spiro atoms. The molecule has 0 fully saturated rings. The smallest absolute Gasteiger partial charge is 0.324 e. The molecular weight excluding hydrogens is 291 g/mol. The lowest BCUT2D eigenvalue weighted by Crippen LogP contribution is -1.99. The van der Waals surface area contributed by atoms with Gasteiger partial charge in [0.05, 0.1) is 0 Å². The molecule has 0 amide bonds. The Morgan fingerprint density at radius 3 is 2.42 bits per heavy atom. The number of hydrogen-bond donors (Lipinski definition) is 0. The number of hydrogen-bond acceptors (Lipinski definition) is 5. The maximum Gasteiger partial charge on any atom is 0.324 e. The van der Waals surface area contributed by atoms with E-state index < -0.39 is 0 Å². The van der Waals surface area contributed by atoms with E-state index in [1.165, 1.54) is 6.07 Å². The van der Waals surface area contributed by atoms with Crippen molar-refractivity contribution in [3.8, 4) is 17.5 Å². The van der Waals surface area contributed by atoms with Crippen molar-refractivity contribution in [3.05, 3.63) is 40.6 Å². The average molecular weight is 301 g/mol. The van der Waals surface area contributed by atoms with Crippen molar-refractivity contribution < 1.29 is 14.2 Å². The minimum atomic E-state index is 0.0707. The van der Waals surface area contributed by atoms with Crippen LogP contribution < -0.4 is 9.47 Å². The highest BCUT2D eigenvalue weighted by molar-refractivity contribution is 6.33. The molecule has 0 unspecified atom stereocenters. The summed E-state index contributed by atoms with van der Waals surface area (Å²) in [5.41, 5.74) is 0. The number of benzene rings is 1. The molecule has 1 heterocycles. The average Bonchev–Trinajstić information content (AvgIpc) is 2.35. The van der Waals surface area contributed by atoms with Crippen molar-refractivity contribution in [3.63, 3.8) is 0 Å². The standard InChI is InChI=1S/C12H10Cl2N2O3/c1-17-7-18-8-3-2-4-9(5-8)19-12-15-10(13)6-11(14)16-12/h2-6H,7H2,1H3. The molecule has 0 aliphatic heterocycles. The fourth-order valence-electron chi connectivity index (χ4n) is 1.28. The largest absolute Gasteiger partial charge is 0.467 e. The van der Waals surface area contributed by atoms with Gasteiger partial charge >= 0.3 is 6.01 Å². The molecule has 2 rings (SSSR count). The Morgan fingerprint density at radius 2 is 1.74 bits per heavy atom. The van der Waals surface area contributed by atoms with E-state index in [-0.39, 0.29) is 23.1 Å². The zero-order chi connectivity index (χ0) is 13.7. The Hall–Kier alpha value is -1.56. The third-order valence-corrected chi connectivity index (χ3v) is 2.39. The van der Waals surface area contributed by atoms with Crippen molar-refractivity contribution in [1.29, 1.82) is 0 Å². The molecule has 0 N–H and O–H groups in total. The number of rotatable bonds is 5. The molecule has 1 aromatic carbocycles. The second kappa shape index (κ2) is 6.56. The van der Waals surface area contributed by atoms with Crippen molar-refractivity contribution in [2.45, 2.75) is 0 Å². The molecule has 2 aromatic rings. The normalized spacial score (nSPS) is 10.3. The molecule has 0 bridgehead atoms. The van der Waals surface area contributed by atoms with Crippen molar-refractivity contribution in [2.24, 2.45) is 0 Å². The van der Waals surface area contributed by atoms with Gasteiger partial charge in [-0.25, -0.2) is 0 Å². The van der Waals surface area contributed by atoms with Crippen molar-refractivity contribution in [1.82, 2.24) is 9.97 Å². The van der Waals surface area contributed by atoms with Crippen LogP contribution in [-0.2, 0) is 4.74 Å². The van der Waals surface area contributed by atoms with Crippen LogP contribution in [0.25, 0.3) is 0 Å². The van der Waals surface area contributed by atoms with E-state index in [1.54, 1.807) is 31.4 Å². The van der Waals surface area contributed by atoms with E-state index in [0.717, 1.165) is 0 Å². The Bertz CT molecular complexity index is 546. The summed E-state index contributed by atoms with van der Waals surface area (Å²) in [7, 11) is 1.54. The lowest BCUT2D eigenvalue weighted by molar-refractivity contribution is 0.0510. The molecule has 0 radical (unpaired) electrons. The van der Waals surface area contributed by atoms with E-state index in [2.05, 4.69) is 9.97 Å². The Kier molecular flexibility index (Phi) is 4.79. The Morgan fingerprint density at radius 1 is 1.05 bits per heavy atom. The van der Waals surface area contributed by atoms with Crippen LogP contribution in [0.3, 0.4) is 0 Å². The highest BCUT2D eigenvalue weighted by Crippen LogP contribution is 2.25. The number of aromatic nitrogens is 2. The Balaban J connectivity index is 2.13. The van der Waals surface area contributed by atoms with Crippen LogP contribution in [0.2, 0.25) is 10.3 Å². The fraction of sp³-hybridized carbons (Fsp3) is 0.167. The van der Waals surface area contributed by atoms with Crippen molar-refractivity contribution >= 4 is 23.2 Å². The first kappa shape index (κ1) is 13.9. The summed E-state index contributed by atoms with van der Waals surface area (Å²) in [6.07, 6.45) is 0. The lowest BCUT2D eigenvalue weighted by atomic mass is 10.3. The second-order valence-corrected chi connectivity index (χ2v) is 4.20. The first-order valence-electron chi connectivity index (χ1n) is 5.27. The molecule has 1 aromatic heterocycles. The quantitative estimate of drug-likeness (QED) is 0.624. The number of halogens is 2. The van der Waals surface area contributed by atoms with E-state index in [1.807, 2.05) is 0 Å². The van der Waals surface area contributed by atoms with Gasteiger partial charge in [0.25, 0.3) is 0 Å². The maximum atomic E-state index is 5.76. The van der Waals surface area contributed by atoms with Crippen LogP contribution in [0.5, 0.6) is 17.5 Å². The molecule has 7 heteroatoms. The van der Waals surface area contributed by atoms with Crippen LogP contribution >= 0.6 is 23.2 Å². The van der Waals surface area contributed by atoms with Crippen LogP contribution in [-0.4, -0.2) is 23.9 Å². The van der Waals surface area contributed by atoms with E-state index in [9.17, 15) is 0 Å². The highest BCUT2D eigenvalue weighted by Gasteiger charge is 2.05. The van der Waals surface area contributed by atoms with Gasteiger partial charge in [0, 0.05) is 19.2 Å². The summed E-state index contributed by atoms with van der Waals surface area (Å²) in [4.78, 5) is 7.81. The summed E-state index contributed by atoms with van der Waals surface area (Å²) in [6, 6.07) is 8.45. The lowest BCUT2D eigenvalue weighted by Gasteiger charge is -2.07. The Labute approximate surface area is 120 Å². The van der Waals surface area contributed by atoms with Crippen molar-refractivity contribution in [2.75, 3.05) is 13.9 Å². The van der Waals surface area contributed by atoms with Gasteiger partial charge < -0.3 is 14.2 Å². The monoisotopic (exact) mass is 300 g/mol. The summed E-state index contributed by atoms with van der Waals surface area (Å²) in [5, 5.41) is 0.420.